The van der Waals surface area contributed by atoms with E-state index in [1.807, 2.05) is 37.3 Å². The van der Waals surface area contributed by atoms with Crippen molar-refractivity contribution in [1.29, 1.82) is 0 Å². The van der Waals surface area contributed by atoms with Crippen molar-refractivity contribution in [3.05, 3.63) is 64.8 Å². The lowest BCUT2D eigenvalue weighted by Crippen LogP contribution is -2.24. The summed E-state index contributed by atoms with van der Waals surface area (Å²) in [5, 5.41) is 8.53. The van der Waals surface area contributed by atoms with Crippen LogP contribution < -0.4 is 10.1 Å². The summed E-state index contributed by atoms with van der Waals surface area (Å²) >= 11 is 1.58. The van der Waals surface area contributed by atoms with E-state index in [2.05, 4.69) is 24.4 Å². The maximum atomic E-state index is 12.5. The fraction of sp³-hybridized carbons (Fsp3) is 0.227. The molecule has 2 aromatic carbocycles. The molecule has 7 heteroatoms. The third-order valence-corrected chi connectivity index (χ3v) is 6.33. The summed E-state index contributed by atoms with van der Waals surface area (Å²) < 4.78 is 8.15. The van der Waals surface area contributed by atoms with E-state index in [4.69, 9.17) is 14.8 Å². The number of benzene rings is 2. The summed E-state index contributed by atoms with van der Waals surface area (Å²) in [7, 11) is 1.65. The maximum Gasteiger partial charge on any atom is 0.226 e. The second-order valence-electron chi connectivity index (χ2n) is 7.31. The number of methoxy groups -OCH3 is 1. The van der Waals surface area contributed by atoms with E-state index in [1.165, 1.54) is 5.56 Å². The second-order valence-corrected chi connectivity index (χ2v) is 8.31. The minimum Gasteiger partial charge on any atom is -0.497 e. The minimum absolute atomic E-state index is 0.0172. The summed E-state index contributed by atoms with van der Waals surface area (Å²) in [4.78, 5) is 17.3. The van der Waals surface area contributed by atoms with Gasteiger partial charge in [0.2, 0.25) is 11.0 Å². The topological polar surface area (TPSA) is 69.0 Å². The van der Waals surface area contributed by atoms with E-state index < -0.39 is 0 Å². The van der Waals surface area contributed by atoms with Crippen molar-refractivity contribution in [2.45, 2.75) is 26.2 Å². The smallest absolute Gasteiger partial charge is 0.226 e. The van der Waals surface area contributed by atoms with Crippen molar-refractivity contribution in [1.82, 2.24) is 14.8 Å². The third-order valence-electron chi connectivity index (χ3n) is 5.33. The van der Waals surface area contributed by atoms with Crippen LogP contribution in [0.25, 0.3) is 15.3 Å². The number of thiazole rings is 1. The average molecular weight is 404 g/mol. The Hall–Kier alpha value is -3.19. The number of hydrogen-bond acceptors (Lipinski definition) is 5. The number of fused-ring (bicyclic) bond motifs is 2. The Morgan fingerprint density at radius 1 is 1.17 bits per heavy atom. The minimum atomic E-state index is -0.0463. The van der Waals surface area contributed by atoms with Gasteiger partial charge in [-0.05, 0) is 49.2 Å². The number of nitrogens with zero attached hydrogens (tertiary/aromatic N) is 3. The van der Waals surface area contributed by atoms with Gasteiger partial charge in [0.1, 0.15) is 11.6 Å². The molecule has 6 nitrogen and oxygen atoms in total. The maximum absolute atomic E-state index is 12.5. The molecule has 1 N–H and O–H groups in total. The van der Waals surface area contributed by atoms with Gasteiger partial charge in [0, 0.05) is 17.9 Å². The molecule has 0 radical (unpaired) electrons. The van der Waals surface area contributed by atoms with Crippen LogP contribution in [0.5, 0.6) is 5.75 Å². The highest BCUT2D eigenvalue weighted by atomic mass is 32.1. The number of carbonyl (C=O) groups is 1. The molecule has 146 valence electrons. The van der Waals surface area contributed by atoms with Gasteiger partial charge in [-0.15, -0.1) is 0 Å². The third kappa shape index (κ3) is 2.98. The summed E-state index contributed by atoms with van der Waals surface area (Å²) in [6, 6.07) is 14.1. The highest BCUT2D eigenvalue weighted by Crippen LogP contribution is 2.41. The molecular formula is C22H20N4O2S. The predicted octanol–water partition coefficient (Wildman–Crippen LogP) is 4.58. The standard InChI is InChI=1S/C22H20N4O2S/c1-12-4-9-17-18(10-12)29-22(23-17)26-21-20(13(2)25-26)16(11-19(27)24-21)14-5-7-15(28-3)8-6-14/h4-10,16H,11H2,1-3H3,(H,24,27). The van der Waals surface area contributed by atoms with Crippen molar-refractivity contribution in [3.8, 4) is 10.9 Å². The van der Waals surface area contributed by atoms with E-state index in [9.17, 15) is 4.79 Å². The number of nitrogens with one attached hydrogen (secondary N) is 1. The first-order valence-electron chi connectivity index (χ1n) is 9.44. The Kier molecular flexibility index (Phi) is 4.13. The summed E-state index contributed by atoms with van der Waals surface area (Å²) in [5.41, 5.74) is 5.15. The number of aryl methyl sites for hydroxylation is 2. The zero-order valence-electron chi connectivity index (χ0n) is 16.4. The lowest BCUT2D eigenvalue weighted by atomic mass is 9.86. The SMILES string of the molecule is COc1ccc(C2CC(=O)Nc3c2c(C)nn3-c2nc3ccc(C)cc3s2)cc1. The molecule has 0 fully saturated rings. The second kappa shape index (κ2) is 6.70. The zero-order chi connectivity index (χ0) is 20.1. The number of carbonyl (C=O) groups excluding carboxylic acids is 1. The number of hydrogen-bond donors (Lipinski definition) is 1. The molecule has 2 aromatic heterocycles. The Morgan fingerprint density at radius 2 is 1.97 bits per heavy atom. The van der Waals surface area contributed by atoms with Crippen molar-refractivity contribution < 1.29 is 9.53 Å². The number of aromatic nitrogens is 3. The quantitative estimate of drug-likeness (QED) is 0.543. The van der Waals surface area contributed by atoms with Crippen molar-refractivity contribution in [2.24, 2.45) is 0 Å². The zero-order valence-corrected chi connectivity index (χ0v) is 17.2. The van der Waals surface area contributed by atoms with Crippen LogP contribution in [0.1, 0.15) is 34.7 Å². The predicted molar refractivity (Wildman–Crippen MR) is 114 cm³/mol. The Labute approximate surface area is 172 Å². The van der Waals surface area contributed by atoms with Crippen LogP contribution in [0.4, 0.5) is 5.82 Å². The van der Waals surface area contributed by atoms with Gasteiger partial charge >= 0.3 is 0 Å². The highest BCUT2D eigenvalue weighted by Gasteiger charge is 2.33. The molecule has 1 unspecified atom stereocenters. The first kappa shape index (κ1) is 17.9. The van der Waals surface area contributed by atoms with Gasteiger partial charge in [-0.2, -0.15) is 9.78 Å². The van der Waals surface area contributed by atoms with Crippen LogP contribution in [0.3, 0.4) is 0 Å². The number of anilines is 1. The molecule has 1 aliphatic rings. The highest BCUT2D eigenvalue weighted by molar-refractivity contribution is 7.20. The molecule has 4 aromatic rings. The van der Waals surface area contributed by atoms with E-state index in [1.54, 1.807) is 23.1 Å². The van der Waals surface area contributed by atoms with Gasteiger partial charge in [0.15, 0.2) is 0 Å². The van der Waals surface area contributed by atoms with Gasteiger partial charge in [-0.25, -0.2) is 4.98 Å². The Bertz CT molecular complexity index is 1240. The molecule has 5 rings (SSSR count). The van der Waals surface area contributed by atoms with Crippen LogP contribution in [0, 0.1) is 13.8 Å². The van der Waals surface area contributed by atoms with Crippen LogP contribution in [0.15, 0.2) is 42.5 Å². The molecule has 3 heterocycles. The van der Waals surface area contributed by atoms with Crippen LogP contribution in [-0.2, 0) is 4.79 Å². The number of ether oxygens (including phenoxy) is 1. The van der Waals surface area contributed by atoms with Crippen LogP contribution >= 0.6 is 11.3 Å². The molecular weight excluding hydrogens is 384 g/mol. The molecule has 0 aliphatic carbocycles. The van der Waals surface area contributed by atoms with Gasteiger partial charge in [-0.3, -0.25) is 4.79 Å². The average Bonchev–Trinajstić information content (AvgIpc) is 3.28. The lowest BCUT2D eigenvalue weighted by Gasteiger charge is -2.24. The van der Waals surface area contributed by atoms with Gasteiger partial charge in [0.25, 0.3) is 0 Å². The Balaban J connectivity index is 1.64. The summed E-state index contributed by atoms with van der Waals surface area (Å²) in [6.45, 7) is 4.05. The fourth-order valence-electron chi connectivity index (χ4n) is 3.92. The number of amides is 1. The fourth-order valence-corrected chi connectivity index (χ4v) is 4.94. The molecule has 0 bridgehead atoms. The molecule has 1 atom stereocenters. The van der Waals surface area contributed by atoms with Gasteiger partial charge in [-0.1, -0.05) is 29.5 Å². The number of rotatable bonds is 3. The van der Waals surface area contributed by atoms with E-state index in [-0.39, 0.29) is 11.8 Å². The van der Waals surface area contributed by atoms with E-state index in [0.29, 0.717) is 6.42 Å². The summed E-state index contributed by atoms with van der Waals surface area (Å²) in [6.07, 6.45) is 0.394. The molecule has 0 spiro atoms. The van der Waals surface area contributed by atoms with Gasteiger partial charge in [0.05, 0.1) is 23.0 Å². The largest absolute Gasteiger partial charge is 0.497 e. The lowest BCUT2D eigenvalue weighted by molar-refractivity contribution is -0.116. The van der Waals surface area contributed by atoms with Crippen molar-refractivity contribution in [2.75, 3.05) is 12.4 Å². The molecule has 0 saturated carbocycles. The van der Waals surface area contributed by atoms with Crippen molar-refractivity contribution >= 4 is 33.3 Å². The molecule has 0 saturated heterocycles. The molecule has 1 aliphatic heterocycles. The summed E-state index contributed by atoms with van der Waals surface area (Å²) in [5.74, 6) is 1.45. The monoisotopic (exact) mass is 404 g/mol. The van der Waals surface area contributed by atoms with E-state index >= 15 is 0 Å². The Morgan fingerprint density at radius 3 is 2.72 bits per heavy atom. The first-order chi connectivity index (χ1) is 14.0. The van der Waals surface area contributed by atoms with Crippen LogP contribution in [0.2, 0.25) is 0 Å². The molecule has 29 heavy (non-hydrogen) atoms. The van der Waals surface area contributed by atoms with Gasteiger partial charge < -0.3 is 10.1 Å². The van der Waals surface area contributed by atoms with E-state index in [0.717, 1.165) is 43.7 Å². The normalized spacial score (nSPS) is 16.0. The van der Waals surface area contributed by atoms with Crippen molar-refractivity contribution in [3.63, 3.8) is 0 Å². The first-order valence-corrected chi connectivity index (χ1v) is 10.3. The molecule has 1 amide bonds. The van der Waals surface area contributed by atoms with Crippen LogP contribution in [-0.4, -0.2) is 27.8 Å².